The monoisotopic (exact) mass is 466 g/mol. The molecule has 0 spiro atoms. The van der Waals surface area contributed by atoms with Gasteiger partial charge in [-0.25, -0.2) is 4.79 Å². The molecule has 0 saturated heterocycles. The Morgan fingerprint density at radius 1 is 1.00 bits per heavy atom. The molecular formula is C25H23ClN2O5. The third-order valence-corrected chi connectivity index (χ3v) is 5.46. The van der Waals surface area contributed by atoms with Crippen molar-refractivity contribution in [2.24, 2.45) is 5.92 Å². The first-order valence-corrected chi connectivity index (χ1v) is 10.7. The lowest BCUT2D eigenvalue weighted by Gasteiger charge is -2.21. The quantitative estimate of drug-likeness (QED) is 0.426. The van der Waals surface area contributed by atoms with Crippen molar-refractivity contribution < 1.29 is 24.6 Å². The number of carbonyl (C=O) groups excluding carboxylic acids is 1. The molecule has 170 valence electrons. The smallest absolute Gasteiger partial charge is 0.335 e. The summed E-state index contributed by atoms with van der Waals surface area (Å²) in [7, 11) is 0. The van der Waals surface area contributed by atoms with Crippen LogP contribution in [0.2, 0.25) is 5.02 Å². The van der Waals surface area contributed by atoms with Crippen LogP contribution in [0.25, 0.3) is 11.1 Å². The van der Waals surface area contributed by atoms with E-state index in [0.29, 0.717) is 11.4 Å². The molecule has 0 aliphatic carbocycles. The Bertz CT molecular complexity index is 1160. The van der Waals surface area contributed by atoms with Gasteiger partial charge in [0, 0.05) is 17.3 Å². The number of nitrogens with zero attached hydrogens (tertiary/aromatic N) is 1. The van der Waals surface area contributed by atoms with Crippen molar-refractivity contribution in [3.8, 4) is 11.1 Å². The van der Waals surface area contributed by atoms with E-state index in [1.54, 1.807) is 13.0 Å². The summed E-state index contributed by atoms with van der Waals surface area (Å²) in [4.78, 5) is 39.2. The number of pyridine rings is 1. The number of amides is 1. The van der Waals surface area contributed by atoms with E-state index >= 15 is 0 Å². The van der Waals surface area contributed by atoms with Gasteiger partial charge in [-0.2, -0.15) is 0 Å². The molecule has 2 aromatic carbocycles. The number of benzene rings is 2. The maximum Gasteiger partial charge on any atom is 0.335 e. The number of halogens is 1. The van der Waals surface area contributed by atoms with Crippen LogP contribution in [0.3, 0.4) is 0 Å². The highest BCUT2D eigenvalue weighted by atomic mass is 35.5. The first-order valence-electron chi connectivity index (χ1n) is 10.3. The molecule has 2 atom stereocenters. The van der Waals surface area contributed by atoms with Gasteiger partial charge in [0.1, 0.15) is 5.69 Å². The molecule has 0 radical (unpaired) electrons. The van der Waals surface area contributed by atoms with Crippen LogP contribution >= 0.6 is 11.6 Å². The van der Waals surface area contributed by atoms with E-state index in [1.165, 1.54) is 18.3 Å². The van der Waals surface area contributed by atoms with E-state index in [4.69, 9.17) is 16.7 Å². The molecule has 1 amide bonds. The van der Waals surface area contributed by atoms with Crippen LogP contribution in [0.15, 0.2) is 66.9 Å². The molecule has 1 unspecified atom stereocenters. The fourth-order valence-corrected chi connectivity index (χ4v) is 3.64. The summed E-state index contributed by atoms with van der Waals surface area (Å²) < 4.78 is 0. The minimum absolute atomic E-state index is 0.0424. The van der Waals surface area contributed by atoms with E-state index in [9.17, 15) is 19.5 Å². The third kappa shape index (κ3) is 6.63. The highest BCUT2D eigenvalue weighted by Crippen LogP contribution is 2.24. The Morgan fingerprint density at radius 2 is 1.73 bits per heavy atom. The van der Waals surface area contributed by atoms with Crippen molar-refractivity contribution in [2.75, 3.05) is 0 Å². The molecule has 1 aromatic heterocycles. The Labute approximate surface area is 196 Å². The molecule has 0 bridgehead atoms. The van der Waals surface area contributed by atoms with Gasteiger partial charge in [0.2, 0.25) is 0 Å². The minimum Gasteiger partial charge on any atom is -0.481 e. The number of rotatable bonds is 9. The summed E-state index contributed by atoms with van der Waals surface area (Å²) in [6.45, 7) is 1.58. The lowest BCUT2D eigenvalue weighted by molar-refractivity contribution is -0.141. The number of carbonyl (C=O) groups is 3. The Hall–Kier alpha value is -3.71. The number of nitrogens with one attached hydrogen (secondary N) is 1. The minimum atomic E-state index is -1.16. The van der Waals surface area contributed by atoms with E-state index < -0.39 is 29.8 Å². The summed E-state index contributed by atoms with van der Waals surface area (Å²) in [6.07, 6.45) is 1.86. The van der Waals surface area contributed by atoms with Gasteiger partial charge < -0.3 is 15.5 Å². The van der Waals surface area contributed by atoms with Crippen LogP contribution in [-0.4, -0.2) is 39.1 Å². The molecule has 3 rings (SSSR count). The Balaban J connectivity index is 1.77. The molecule has 0 saturated carbocycles. The van der Waals surface area contributed by atoms with Crippen LogP contribution in [-0.2, 0) is 11.2 Å². The largest absolute Gasteiger partial charge is 0.481 e. The van der Waals surface area contributed by atoms with Gasteiger partial charge in [-0.3, -0.25) is 14.6 Å². The first-order chi connectivity index (χ1) is 15.7. The zero-order chi connectivity index (χ0) is 24.0. The predicted molar refractivity (Wildman–Crippen MR) is 124 cm³/mol. The van der Waals surface area contributed by atoms with Crippen LogP contribution in [0.1, 0.15) is 39.8 Å². The average Bonchev–Trinajstić information content (AvgIpc) is 2.79. The van der Waals surface area contributed by atoms with Crippen molar-refractivity contribution in [3.63, 3.8) is 0 Å². The van der Waals surface area contributed by atoms with Crippen molar-refractivity contribution in [1.29, 1.82) is 0 Å². The molecule has 0 aliphatic heterocycles. The number of carboxylic acids is 2. The van der Waals surface area contributed by atoms with E-state index in [-0.39, 0.29) is 17.7 Å². The van der Waals surface area contributed by atoms with Crippen LogP contribution in [0.4, 0.5) is 0 Å². The number of aliphatic carboxylic acids is 1. The van der Waals surface area contributed by atoms with Gasteiger partial charge in [0.15, 0.2) is 0 Å². The first kappa shape index (κ1) is 23.9. The summed E-state index contributed by atoms with van der Waals surface area (Å²) in [5.74, 6) is -3.37. The van der Waals surface area contributed by atoms with E-state index in [1.807, 2.05) is 42.5 Å². The number of aromatic carboxylic acids is 1. The van der Waals surface area contributed by atoms with Gasteiger partial charge in [-0.1, -0.05) is 54.9 Å². The van der Waals surface area contributed by atoms with Crippen LogP contribution in [0, 0.1) is 5.92 Å². The fourth-order valence-electron chi connectivity index (χ4n) is 3.45. The second-order valence-electron chi connectivity index (χ2n) is 7.79. The van der Waals surface area contributed by atoms with Crippen molar-refractivity contribution in [1.82, 2.24) is 10.3 Å². The molecule has 0 fully saturated rings. The summed E-state index contributed by atoms with van der Waals surface area (Å²) >= 11 is 6.07. The van der Waals surface area contributed by atoms with Gasteiger partial charge in [-0.15, -0.1) is 0 Å². The van der Waals surface area contributed by atoms with Crippen LogP contribution < -0.4 is 5.32 Å². The normalized spacial score (nSPS) is 12.5. The Morgan fingerprint density at radius 3 is 2.36 bits per heavy atom. The van der Waals surface area contributed by atoms with Gasteiger partial charge in [-0.05, 0) is 53.8 Å². The summed E-state index contributed by atoms with van der Waals surface area (Å²) in [5, 5.41) is 21.9. The zero-order valence-corrected chi connectivity index (χ0v) is 18.6. The lowest BCUT2D eigenvalue weighted by Crippen LogP contribution is -2.39. The van der Waals surface area contributed by atoms with Crippen molar-refractivity contribution >= 4 is 29.4 Å². The fraction of sp³-hybridized carbons (Fsp3) is 0.200. The second kappa shape index (κ2) is 10.7. The van der Waals surface area contributed by atoms with Gasteiger partial charge in [0.25, 0.3) is 5.91 Å². The standard InChI is InChI=1S/C25H23ClN2O5/c1-15(24(30)31)11-21(28-23(29)22-14-19(25(32)33)9-10-27-22)12-16-5-7-17(8-6-16)18-3-2-4-20(26)13-18/h2-10,13-15,21H,11-12H2,1H3,(H,28,29)(H,30,31)(H,32,33)/t15-,21?/m1/s1. The van der Waals surface area contributed by atoms with Crippen LogP contribution in [0.5, 0.6) is 0 Å². The molecule has 3 N–H and O–H groups in total. The van der Waals surface area contributed by atoms with Gasteiger partial charge in [0.05, 0.1) is 11.5 Å². The Kier molecular flexibility index (Phi) is 7.79. The average molecular weight is 467 g/mol. The number of hydrogen-bond donors (Lipinski definition) is 3. The SMILES string of the molecule is C[C@H](CC(Cc1ccc(-c2cccc(Cl)c2)cc1)NC(=O)c1cc(C(=O)O)ccn1)C(=O)O. The highest BCUT2D eigenvalue weighted by molar-refractivity contribution is 6.30. The van der Waals surface area contributed by atoms with E-state index in [0.717, 1.165) is 16.7 Å². The molecule has 1 heterocycles. The number of aromatic nitrogens is 1. The highest BCUT2D eigenvalue weighted by Gasteiger charge is 2.22. The molecular weight excluding hydrogens is 444 g/mol. The van der Waals surface area contributed by atoms with Crippen molar-refractivity contribution in [2.45, 2.75) is 25.8 Å². The summed E-state index contributed by atoms with van der Waals surface area (Å²) in [6, 6.07) is 17.2. The topological polar surface area (TPSA) is 117 Å². The number of carboxylic acid groups (broad SMARTS) is 2. The van der Waals surface area contributed by atoms with E-state index in [2.05, 4.69) is 10.3 Å². The van der Waals surface area contributed by atoms with Crippen molar-refractivity contribution in [3.05, 3.63) is 88.7 Å². The lowest BCUT2D eigenvalue weighted by atomic mass is 9.95. The molecule has 7 nitrogen and oxygen atoms in total. The molecule has 8 heteroatoms. The molecule has 3 aromatic rings. The second-order valence-corrected chi connectivity index (χ2v) is 8.23. The third-order valence-electron chi connectivity index (χ3n) is 5.23. The number of hydrogen-bond acceptors (Lipinski definition) is 4. The maximum absolute atomic E-state index is 12.7. The van der Waals surface area contributed by atoms with Gasteiger partial charge >= 0.3 is 11.9 Å². The molecule has 0 aliphatic rings. The zero-order valence-electron chi connectivity index (χ0n) is 17.9. The predicted octanol–water partition coefficient (Wildman–Crippen LogP) is 4.55. The molecule has 33 heavy (non-hydrogen) atoms. The summed E-state index contributed by atoms with van der Waals surface area (Å²) in [5.41, 5.74) is 2.77. The maximum atomic E-state index is 12.7.